The first-order chi connectivity index (χ1) is 13.6. The number of para-hydroxylation sites is 1. The summed E-state index contributed by atoms with van der Waals surface area (Å²) in [5, 5.41) is 14.2. The first-order valence-corrected chi connectivity index (χ1v) is 9.32. The number of hydrogen-bond acceptors (Lipinski definition) is 5. The van der Waals surface area contributed by atoms with Gasteiger partial charge in [-0.3, -0.25) is 4.98 Å². The van der Waals surface area contributed by atoms with Crippen molar-refractivity contribution in [1.82, 2.24) is 15.0 Å². The molecule has 2 aromatic carbocycles. The third-order valence-electron chi connectivity index (χ3n) is 4.71. The predicted molar refractivity (Wildman–Crippen MR) is 112 cm³/mol. The van der Waals surface area contributed by atoms with Gasteiger partial charge in [0.15, 0.2) is 5.82 Å². The van der Waals surface area contributed by atoms with Crippen molar-refractivity contribution in [3.63, 3.8) is 0 Å². The molecule has 4 aromatic rings. The van der Waals surface area contributed by atoms with Gasteiger partial charge in [-0.15, -0.1) is 0 Å². The van der Waals surface area contributed by atoms with E-state index in [0.29, 0.717) is 12.4 Å². The number of nitrogens with one attached hydrogen (secondary N) is 1. The van der Waals surface area contributed by atoms with Crippen LogP contribution < -0.4 is 5.32 Å². The Bertz CT molecular complexity index is 1110. The van der Waals surface area contributed by atoms with E-state index < -0.39 is 6.10 Å². The summed E-state index contributed by atoms with van der Waals surface area (Å²) in [5.41, 5.74) is 4.46. The highest BCUT2D eigenvalue weighted by atomic mass is 16.3. The molecule has 5 heteroatoms. The highest BCUT2D eigenvalue weighted by molar-refractivity contribution is 5.90. The van der Waals surface area contributed by atoms with Crippen molar-refractivity contribution < 1.29 is 5.11 Å². The smallest absolute Gasteiger partial charge is 0.162 e. The number of anilines is 1. The molecule has 0 aliphatic carbocycles. The maximum Gasteiger partial charge on any atom is 0.162 e. The zero-order chi connectivity index (χ0) is 19.5. The van der Waals surface area contributed by atoms with E-state index in [2.05, 4.69) is 10.3 Å². The van der Waals surface area contributed by atoms with Crippen LogP contribution in [0.4, 0.5) is 5.82 Å². The summed E-state index contributed by atoms with van der Waals surface area (Å²) >= 11 is 0. The molecule has 0 aliphatic rings. The van der Waals surface area contributed by atoms with Crippen molar-refractivity contribution in [2.24, 2.45) is 0 Å². The van der Waals surface area contributed by atoms with E-state index in [0.717, 1.165) is 39.2 Å². The monoisotopic (exact) mass is 370 g/mol. The molecular formula is C23H22N4O. The molecule has 2 heterocycles. The first kappa shape index (κ1) is 18.1. The van der Waals surface area contributed by atoms with E-state index in [9.17, 15) is 5.11 Å². The number of aromatic nitrogens is 3. The number of benzene rings is 2. The van der Waals surface area contributed by atoms with Crippen molar-refractivity contribution in [3.8, 4) is 11.4 Å². The van der Waals surface area contributed by atoms with E-state index in [1.54, 1.807) is 6.92 Å². The molecular weight excluding hydrogens is 348 g/mol. The number of aliphatic hydroxyl groups excluding tert-OH is 1. The fraction of sp³-hybridized carbons (Fsp3) is 0.174. The topological polar surface area (TPSA) is 70.9 Å². The Morgan fingerprint density at radius 3 is 2.39 bits per heavy atom. The summed E-state index contributed by atoms with van der Waals surface area (Å²) in [6.45, 7) is 4.20. The van der Waals surface area contributed by atoms with Gasteiger partial charge in [0.1, 0.15) is 5.82 Å². The lowest BCUT2D eigenvalue weighted by molar-refractivity contribution is 0.198. The molecule has 0 radical (unpaired) electrons. The molecule has 140 valence electrons. The van der Waals surface area contributed by atoms with Crippen LogP contribution in [0.3, 0.4) is 0 Å². The van der Waals surface area contributed by atoms with Gasteiger partial charge < -0.3 is 10.4 Å². The van der Waals surface area contributed by atoms with Gasteiger partial charge in [0, 0.05) is 22.2 Å². The van der Waals surface area contributed by atoms with Crippen molar-refractivity contribution in [3.05, 3.63) is 83.7 Å². The average Bonchev–Trinajstić information content (AvgIpc) is 2.72. The van der Waals surface area contributed by atoms with Crippen LogP contribution in [-0.4, -0.2) is 20.1 Å². The second-order valence-corrected chi connectivity index (χ2v) is 6.79. The van der Waals surface area contributed by atoms with E-state index in [1.807, 2.05) is 73.7 Å². The fourth-order valence-electron chi connectivity index (χ4n) is 3.27. The number of nitrogens with zero attached hydrogens (tertiary/aromatic N) is 3. The Hall–Kier alpha value is -3.31. The zero-order valence-electron chi connectivity index (χ0n) is 15.9. The number of aryl methyl sites for hydroxylation is 1. The van der Waals surface area contributed by atoms with E-state index in [4.69, 9.17) is 9.97 Å². The summed E-state index contributed by atoms with van der Waals surface area (Å²) < 4.78 is 0. The molecule has 0 aliphatic heterocycles. The molecule has 0 saturated carbocycles. The van der Waals surface area contributed by atoms with Gasteiger partial charge in [0.05, 0.1) is 23.9 Å². The van der Waals surface area contributed by atoms with Gasteiger partial charge in [0.2, 0.25) is 0 Å². The van der Waals surface area contributed by atoms with Crippen LogP contribution in [0.15, 0.2) is 66.7 Å². The van der Waals surface area contributed by atoms with E-state index in [-0.39, 0.29) is 0 Å². The molecule has 0 bridgehead atoms. The molecule has 2 N–H and O–H groups in total. The molecule has 0 fully saturated rings. The molecule has 28 heavy (non-hydrogen) atoms. The maximum absolute atomic E-state index is 9.79. The summed E-state index contributed by atoms with van der Waals surface area (Å²) in [6, 6.07) is 21.8. The van der Waals surface area contributed by atoms with Gasteiger partial charge in [-0.25, -0.2) is 9.97 Å². The van der Waals surface area contributed by atoms with E-state index in [1.165, 1.54) is 0 Å². The maximum atomic E-state index is 9.79. The van der Waals surface area contributed by atoms with Crippen molar-refractivity contribution in [2.75, 3.05) is 5.32 Å². The molecule has 0 unspecified atom stereocenters. The summed E-state index contributed by atoms with van der Waals surface area (Å²) in [5.74, 6) is 1.47. The van der Waals surface area contributed by atoms with E-state index >= 15 is 0 Å². The normalized spacial score (nSPS) is 12.1. The van der Waals surface area contributed by atoms with Gasteiger partial charge in [-0.2, -0.15) is 0 Å². The Morgan fingerprint density at radius 1 is 0.893 bits per heavy atom. The third-order valence-corrected chi connectivity index (χ3v) is 4.71. The second-order valence-electron chi connectivity index (χ2n) is 6.79. The fourth-order valence-corrected chi connectivity index (χ4v) is 3.27. The van der Waals surface area contributed by atoms with Gasteiger partial charge in [-0.05, 0) is 32.0 Å². The molecule has 2 aromatic heterocycles. The largest absolute Gasteiger partial charge is 0.389 e. The summed E-state index contributed by atoms with van der Waals surface area (Å²) in [7, 11) is 0. The van der Waals surface area contributed by atoms with Crippen LogP contribution in [0.2, 0.25) is 0 Å². The first-order valence-electron chi connectivity index (χ1n) is 9.32. The Morgan fingerprint density at radius 2 is 1.64 bits per heavy atom. The summed E-state index contributed by atoms with van der Waals surface area (Å²) in [6.07, 6.45) is -0.520. The quantitative estimate of drug-likeness (QED) is 0.534. The van der Waals surface area contributed by atoms with Crippen molar-refractivity contribution >= 4 is 16.7 Å². The predicted octanol–water partition coefficient (Wildman–Crippen LogP) is 4.67. The van der Waals surface area contributed by atoms with Crippen LogP contribution in [0.5, 0.6) is 0 Å². The summed E-state index contributed by atoms with van der Waals surface area (Å²) in [4.78, 5) is 14.1. The molecule has 0 amide bonds. The minimum absolute atomic E-state index is 0.520. The highest BCUT2D eigenvalue weighted by Gasteiger charge is 2.10. The minimum Gasteiger partial charge on any atom is -0.389 e. The molecule has 0 spiro atoms. The molecule has 5 nitrogen and oxygen atoms in total. The zero-order valence-corrected chi connectivity index (χ0v) is 15.9. The third kappa shape index (κ3) is 3.70. The van der Waals surface area contributed by atoms with Crippen molar-refractivity contribution in [2.45, 2.75) is 26.5 Å². The number of rotatable bonds is 5. The number of fused-ring (bicyclic) bond motifs is 1. The number of hydrogen-bond donors (Lipinski definition) is 2. The average molecular weight is 370 g/mol. The Balaban J connectivity index is 1.67. The molecule has 0 saturated heterocycles. The van der Waals surface area contributed by atoms with Crippen LogP contribution in [0.1, 0.15) is 30.0 Å². The number of aliphatic hydroxyl groups is 1. The van der Waals surface area contributed by atoms with Gasteiger partial charge in [-0.1, -0.05) is 48.5 Å². The number of pyridine rings is 1. The molecule has 4 rings (SSSR count). The Kier molecular flexibility index (Phi) is 5.00. The van der Waals surface area contributed by atoms with Crippen LogP contribution in [-0.2, 0) is 6.54 Å². The standard InChI is InChI=1S/C23H22N4O/c1-15-19(16(2)28)13-12-18(25-15)14-24-23-20-10-6-7-11-21(20)26-22(27-23)17-8-4-3-5-9-17/h3-13,16,28H,14H2,1-2H3,(H,24,26,27)/t16-/m1/s1. The lowest BCUT2D eigenvalue weighted by Crippen LogP contribution is -2.07. The van der Waals surface area contributed by atoms with Gasteiger partial charge in [0.25, 0.3) is 0 Å². The lowest BCUT2D eigenvalue weighted by atomic mass is 10.1. The second kappa shape index (κ2) is 7.74. The van der Waals surface area contributed by atoms with Gasteiger partial charge >= 0.3 is 0 Å². The molecule has 1 atom stereocenters. The van der Waals surface area contributed by atoms with Crippen LogP contribution in [0.25, 0.3) is 22.3 Å². The lowest BCUT2D eigenvalue weighted by Gasteiger charge is -2.13. The van der Waals surface area contributed by atoms with Crippen LogP contribution in [0, 0.1) is 6.92 Å². The SMILES string of the molecule is Cc1nc(CNc2nc(-c3ccccc3)nc3ccccc23)ccc1[C@@H](C)O. The Labute approximate surface area is 164 Å². The highest BCUT2D eigenvalue weighted by Crippen LogP contribution is 2.25. The minimum atomic E-state index is -0.520. The van der Waals surface area contributed by atoms with Crippen molar-refractivity contribution in [1.29, 1.82) is 0 Å². The van der Waals surface area contributed by atoms with Crippen LogP contribution >= 0.6 is 0 Å².